The van der Waals surface area contributed by atoms with Gasteiger partial charge in [0.1, 0.15) is 17.1 Å². The average Bonchev–Trinajstić information content (AvgIpc) is 3.32. The molecule has 0 unspecified atom stereocenters. The highest BCUT2D eigenvalue weighted by molar-refractivity contribution is 6.31. The number of carbonyl (C=O) groups excluding carboxylic acids is 2. The van der Waals surface area contributed by atoms with E-state index >= 15 is 0 Å². The predicted octanol–water partition coefficient (Wildman–Crippen LogP) is 5.63. The van der Waals surface area contributed by atoms with Gasteiger partial charge >= 0.3 is 5.97 Å². The molecule has 6 nitrogen and oxygen atoms in total. The number of ketones is 1. The van der Waals surface area contributed by atoms with Crippen LogP contribution in [0.25, 0.3) is 17.0 Å². The van der Waals surface area contributed by atoms with Gasteiger partial charge in [-0.3, -0.25) is 9.78 Å². The molecule has 0 spiro atoms. The van der Waals surface area contributed by atoms with E-state index in [2.05, 4.69) is 4.98 Å². The summed E-state index contributed by atoms with van der Waals surface area (Å²) >= 11 is 5.98. The molecule has 0 amide bonds. The maximum Gasteiger partial charge on any atom is 0.379 e. The van der Waals surface area contributed by atoms with Crippen molar-refractivity contribution in [3.63, 3.8) is 0 Å². The molecule has 1 aliphatic heterocycles. The number of ether oxygens (including phenoxy) is 2. The van der Waals surface area contributed by atoms with Crippen LogP contribution < -0.4 is 9.47 Å². The lowest BCUT2D eigenvalue weighted by Gasteiger charge is -2.09. The van der Waals surface area contributed by atoms with Crippen LogP contribution in [0.4, 0.5) is 0 Å². The minimum Gasteiger partial charge on any atom is -0.452 e. The molecule has 3 heterocycles. The van der Waals surface area contributed by atoms with E-state index in [1.54, 1.807) is 67.7 Å². The summed E-state index contributed by atoms with van der Waals surface area (Å²) in [6.45, 7) is 1.72. The van der Waals surface area contributed by atoms with Crippen LogP contribution in [0, 0.1) is 6.92 Å². The van der Waals surface area contributed by atoms with Crippen LogP contribution >= 0.6 is 11.6 Å². The predicted molar refractivity (Wildman–Crippen MR) is 115 cm³/mol. The van der Waals surface area contributed by atoms with Gasteiger partial charge in [0.2, 0.25) is 11.5 Å². The van der Waals surface area contributed by atoms with Crippen molar-refractivity contribution in [3.05, 3.63) is 94.2 Å². The van der Waals surface area contributed by atoms with Crippen LogP contribution in [0.2, 0.25) is 5.02 Å². The molecule has 152 valence electrons. The number of esters is 1. The minimum atomic E-state index is -0.663. The fourth-order valence-corrected chi connectivity index (χ4v) is 3.52. The minimum absolute atomic E-state index is 0.0462. The Kier molecular flexibility index (Phi) is 4.56. The SMILES string of the molecule is Cc1c(OC(=O)c2cc3cc(Cl)ccc3o2)ccc2c1O/C(=C\c1ccccn1)C2=O. The topological polar surface area (TPSA) is 78.6 Å². The number of benzene rings is 2. The summed E-state index contributed by atoms with van der Waals surface area (Å²) in [7, 11) is 0. The second-order valence-electron chi connectivity index (χ2n) is 6.94. The Hall–Kier alpha value is -3.90. The third-order valence-corrected chi connectivity index (χ3v) is 5.12. The normalized spacial score (nSPS) is 14.0. The summed E-state index contributed by atoms with van der Waals surface area (Å²) in [4.78, 5) is 29.5. The van der Waals surface area contributed by atoms with Gasteiger partial charge in [0, 0.05) is 28.2 Å². The quantitative estimate of drug-likeness (QED) is 0.238. The van der Waals surface area contributed by atoms with Crippen molar-refractivity contribution in [2.75, 3.05) is 0 Å². The smallest absolute Gasteiger partial charge is 0.379 e. The van der Waals surface area contributed by atoms with E-state index in [-0.39, 0.29) is 23.1 Å². The molecule has 0 bridgehead atoms. The monoisotopic (exact) mass is 431 g/mol. The largest absolute Gasteiger partial charge is 0.452 e. The molecule has 0 saturated carbocycles. The molecule has 0 radical (unpaired) electrons. The van der Waals surface area contributed by atoms with E-state index < -0.39 is 5.97 Å². The number of fused-ring (bicyclic) bond motifs is 2. The van der Waals surface area contributed by atoms with Gasteiger partial charge in [-0.05, 0) is 55.5 Å². The molecule has 0 fully saturated rings. The number of hydrogen-bond donors (Lipinski definition) is 0. The van der Waals surface area contributed by atoms with Gasteiger partial charge in [0.15, 0.2) is 5.76 Å². The number of nitrogens with zero attached hydrogens (tertiary/aromatic N) is 1. The van der Waals surface area contributed by atoms with E-state index in [1.165, 1.54) is 0 Å². The first-order valence-corrected chi connectivity index (χ1v) is 9.77. The van der Waals surface area contributed by atoms with Crippen LogP contribution in [-0.2, 0) is 0 Å². The maximum atomic E-state index is 12.7. The molecule has 0 aliphatic carbocycles. The fraction of sp³-hybridized carbons (Fsp3) is 0.0417. The Morgan fingerprint density at radius 3 is 2.81 bits per heavy atom. The van der Waals surface area contributed by atoms with Crippen LogP contribution in [0.15, 0.2) is 71.0 Å². The summed E-state index contributed by atoms with van der Waals surface area (Å²) in [5.41, 5.74) is 2.06. The van der Waals surface area contributed by atoms with E-state index in [0.717, 1.165) is 0 Å². The Labute approximate surface area is 181 Å². The Bertz CT molecular complexity index is 1390. The highest BCUT2D eigenvalue weighted by Crippen LogP contribution is 2.39. The van der Waals surface area contributed by atoms with Crippen molar-refractivity contribution in [2.45, 2.75) is 6.92 Å². The molecule has 2 aromatic heterocycles. The molecule has 0 saturated heterocycles. The van der Waals surface area contributed by atoms with Crippen LogP contribution in [-0.4, -0.2) is 16.7 Å². The molecule has 0 N–H and O–H groups in total. The molecule has 4 aromatic rings. The lowest BCUT2D eigenvalue weighted by atomic mass is 10.1. The number of rotatable bonds is 3. The Morgan fingerprint density at radius 1 is 1.13 bits per heavy atom. The van der Waals surface area contributed by atoms with Gasteiger partial charge in [-0.25, -0.2) is 4.79 Å². The van der Waals surface area contributed by atoms with E-state index in [0.29, 0.717) is 38.6 Å². The van der Waals surface area contributed by atoms with Gasteiger partial charge in [-0.15, -0.1) is 0 Å². The van der Waals surface area contributed by atoms with Gasteiger partial charge in [-0.1, -0.05) is 17.7 Å². The number of allylic oxidation sites excluding steroid dienone is 1. The fourth-order valence-electron chi connectivity index (χ4n) is 3.34. The number of furan rings is 1. The standard InChI is InChI=1S/C24H14ClNO5/c1-13-18(31-24(28)21-11-14-10-15(25)5-7-19(14)29-21)8-6-17-22(27)20(30-23(13)17)12-16-4-2-3-9-26-16/h2-12H,1H3/b20-12-. The molecule has 1 aliphatic rings. The number of carbonyl (C=O) groups is 2. The summed E-state index contributed by atoms with van der Waals surface area (Å²) in [6.07, 6.45) is 3.21. The van der Waals surface area contributed by atoms with Crippen molar-refractivity contribution in [1.82, 2.24) is 4.98 Å². The second-order valence-corrected chi connectivity index (χ2v) is 7.38. The zero-order valence-electron chi connectivity index (χ0n) is 16.2. The number of pyridine rings is 1. The van der Waals surface area contributed by atoms with Gasteiger partial charge in [0.05, 0.1) is 11.3 Å². The molecule has 0 atom stereocenters. The summed E-state index contributed by atoms with van der Waals surface area (Å²) in [6, 6.07) is 15.2. The number of aromatic nitrogens is 1. The highest BCUT2D eigenvalue weighted by Gasteiger charge is 2.31. The van der Waals surface area contributed by atoms with Crippen LogP contribution in [0.1, 0.15) is 32.2 Å². The van der Waals surface area contributed by atoms with E-state index in [4.69, 9.17) is 25.5 Å². The second kappa shape index (κ2) is 7.41. The first-order valence-electron chi connectivity index (χ1n) is 9.40. The first kappa shape index (κ1) is 19.1. The van der Waals surface area contributed by atoms with E-state index in [1.807, 2.05) is 6.07 Å². The number of hydrogen-bond acceptors (Lipinski definition) is 6. The Morgan fingerprint density at radius 2 is 2.00 bits per heavy atom. The third-order valence-electron chi connectivity index (χ3n) is 4.89. The number of Topliss-reactive ketones (excluding diaryl/α,β-unsaturated/α-hetero) is 1. The average molecular weight is 432 g/mol. The van der Waals surface area contributed by atoms with Crippen molar-refractivity contribution in [1.29, 1.82) is 0 Å². The molecule has 31 heavy (non-hydrogen) atoms. The summed E-state index contributed by atoms with van der Waals surface area (Å²) < 4.78 is 16.9. The first-order chi connectivity index (χ1) is 15.0. The zero-order valence-corrected chi connectivity index (χ0v) is 17.0. The number of halogens is 1. The van der Waals surface area contributed by atoms with Crippen molar-refractivity contribution in [2.24, 2.45) is 0 Å². The molecular weight excluding hydrogens is 418 g/mol. The maximum absolute atomic E-state index is 12.7. The van der Waals surface area contributed by atoms with Gasteiger partial charge in [-0.2, -0.15) is 0 Å². The summed E-state index contributed by atoms with van der Waals surface area (Å²) in [5.74, 6) is -0.0814. The molecule has 7 heteroatoms. The molecule has 2 aromatic carbocycles. The van der Waals surface area contributed by atoms with Gasteiger partial charge in [0.25, 0.3) is 0 Å². The third kappa shape index (κ3) is 3.47. The molecule has 5 rings (SSSR count). The van der Waals surface area contributed by atoms with E-state index in [9.17, 15) is 9.59 Å². The van der Waals surface area contributed by atoms with Gasteiger partial charge < -0.3 is 13.9 Å². The van der Waals surface area contributed by atoms with Crippen LogP contribution in [0.5, 0.6) is 11.5 Å². The Balaban J connectivity index is 1.42. The molecular formula is C24H14ClNO5. The highest BCUT2D eigenvalue weighted by atomic mass is 35.5. The lowest BCUT2D eigenvalue weighted by Crippen LogP contribution is -2.08. The zero-order chi connectivity index (χ0) is 21.5. The summed E-state index contributed by atoms with van der Waals surface area (Å²) in [5, 5.41) is 1.24. The lowest BCUT2D eigenvalue weighted by molar-refractivity contribution is 0.0702. The van der Waals surface area contributed by atoms with Crippen molar-refractivity contribution < 1.29 is 23.5 Å². The van der Waals surface area contributed by atoms with Crippen molar-refractivity contribution >= 4 is 40.4 Å². The van der Waals surface area contributed by atoms with Crippen LogP contribution in [0.3, 0.4) is 0 Å². The van der Waals surface area contributed by atoms with Crippen molar-refractivity contribution in [3.8, 4) is 11.5 Å².